The third kappa shape index (κ3) is 3.78. The first-order valence-electron chi connectivity index (χ1n) is 9.84. The van der Waals surface area contributed by atoms with Gasteiger partial charge in [-0.1, -0.05) is 30.3 Å². The summed E-state index contributed by atoms with van der Waals surface area (Å²) < 4.78 is 0. The Hall–Kier alpha value is -3.63. The first-order chi connectivity index (χ1) is 14.6. The van der Waals surface area contributed by atoms with Crippen LogP contribution in [0.2, 0.25) is 0 Å². The Balaban J connectivity index is 1.50. The predicted octanol–water partition coefficient (Wildman–Crippen LogP) is 2.55. The quantitative estimate of drug-likeness (QED) is 0.627. The zero-order valence-electron chi connectivity index (χ0n) is 16.6. The van der Waals surface area contributed by atoms with Crippen LogP contribution in [0.5, 0.6) is 0 Å². The van der Waals surface area contributed by atoms with Gasteiger partial charge in [0.1, 0.15) is 5.69 Å². The molecule has 150 valence electrons. The first-order valence-corrected chi connectivity index (χ1v) is 9.84. The van der Waals surface area contributed by atoms with Gasteiger partial charge in [0.2, 0.25) is 5.78 Å². The van der Waals surface area contributed by atoms with Gasteiger partial charge in [0, 0.05) is 31.2 Å². The van der Waals surface area contributed by atoms with Gasteiger partial charge in [-0.15, -0.1) is 0 Å². The molecule has 2 heterocycles. The molecular formula is C23H21N5O2. The van der Waals surface area contributed by atoms with E-state index < -0.39 is 6.04 Å². The number of ketones is 1. The zero-order valence-corrected chi connectivity index (χ0v) is 16.6. The lowest BCUT2D eigenvalue weighted by molar-refractivity contribution is 0.0428. The Morgan fingerprint density at radius 2 is 1.77 bits per heavy atom. The SMILES string of the molecule is C[C@H]1CN(C(=O)c2ccccc2)CCN1C(C#N)C(=O)c1cnc2ccccc2n1. The number of piperazine rings is 1. The lowest BCUT2D eigenvalue weighted by Gasteiger charge is -2.41. The van der Waals surface area contributed by atoms with Crippen LogP contribution in [0.25, 0.3) is 11.0 Å². The van der Waals surface area contributed by atoms with Crippen molar-refractivity contribution in [3.63, 3.8) is 0 Å². The molecule has 2 atom stereocenters. The summed E-state index contributed by atoms with van der Waals surface area (Å²) in [6.07, 6.45) is 1.43. The number of carbonyl (C=O) groups is 2. The van der Waals surface area contributed by atoms with Crippen LogP contribution in [0.1, 0.15) is 27.8 Å². The summed E-state index contributed by atoms with van der Waals surface area (Å²) in [5.41, 5.74) is 2.13. The number of carbonyl (C=O) groups excluding carboxylic acids is 2. The molecule has 1 saturated heterocycles. The second kappa shape index (κ2) is 8.39. The average Bonchev–Trinajstić information content (AvgIpc) is 2.80. The van der Waals surface area contributed by atoms with Gasteiger partial charge in [0.05, 0.1) is 23.3 Å². The number of aromatic nitrogens is 2. The summed E-state index contributed by atoms with van der Waals surface area (Å²) in [4.78, 5) is 38.1. The molecule has 2 aromatic carbocycles. The van der Waals surface area contributed by atoms with Crippen LogP contribution in [0.15, 0.2) is 60.8 Å². The highest BCUT2D eigenvalue weighted by atomic mass is 16.2. The summed E-state index contributed by atoms with van der Waals surface area (Å²) in [6.45, 7) is 3.26. The molecule has 30 heavy (non-hydrogen) atoms. The minimum Gasteiger partial charge on any atom is -0.336 e. The summed E-state index contributed by atoms with van der Waals surface area (Å²) in [7, 11) is 0. The van der Waals surface area contributed by atoms with Gasteiger partial charge >= 0.3 is 0 Å². The number of fused-ring (bicyclic) bond motifs is 1. The van der Waals surface area contributed by atoms with Crippen molar-refractivity contribution >= 4 is 22.7 Å². The lowest BCUT2D eigenvalue weighted by atomic mass is 10.0. The van der Waals surface area contributed by atoms with Crippen LogP contribution in [0.3, 0.4) is 0 Å². The number of benzene rings is 2. The molecular weight excluding hydrogens is 378 g/mol. The van der Waals surface area contributed by atoms with E-state index >= 15 is 0 Å². The van der Waals surface area contributed by atoms with E-state index in [2.05, 4.69) is 16.0 Å². The minimum absolute atomic E-state index is 0.0395. The molecule has 4 rings (SSSR count). The number of Topliss-reactive ketones (excluding diaryl/α,β-unsaturated/α-hetero) is 1. The fourth-order valence-corrected chi connectivity index (χ4v) is 3.80. The lowest BCUT2D eigenvalue weighted by Crippen LogP contribution is -2.58. The number of nitrogens with zero attached hydrogens (tertiary/aromatic N) is 5. The molecule has 1 unspecified atom stereocenters. The van der Waals surface area contributed by atoms with Crippen molar-refractivity contribution in [2.75, 3.05) is 19.6 Å². The van der Waals surface area contributed by atoms with E-state index in [1.54, 1.807) is 23.1 Å². The molecule has 0 spiro atoms. The Kier molecular flexibility index (Phi) is 5.50. The number of para-hydroxylation sites is 2. The van der Waals surface area contributed by atoms with E-state index in [9.17, 15) is 14.9 Å². The van der Waals surface area contributed by atoms with Gasteiger partial charge < -0.3 is 4.90 Å². The summed E-state index contributed by atoms with van der Waals surface area (Å²) in [6, 6.07) is 17.4. The van der Waals surface area contributed by atoms with Crippen LogP contribution in [-0.2, 0) is 0 Å². The number of hydrogen-bond donors (Lipinski definition) is 0. The number of nitriles is 1. The third-order valence-electron chi connectivity index (χ3n) is 5.39. The van der Waals surface area contributed by atoms with Gasteiger partial charge in [-0.2, -0.15) is 5.26 Å². The van der Waals surface area contributed by atoms with Crippen molar-refractivity contribution in [3.8, 4) is 6.07 Å². The monoisotopic (exact) mass is 399 g/mol. The molecule has 1 aliphatic rings. The Morgan fingerprint density at radius 1 is 1.07 bits per heavy atom. The molecule has 7 nitrogen and oxygen atoms in total. The van der Waals surface area contributed by atoms with E-state index in [1.165, 1.54) is 6.20 Å². The van der Waals surface area contributed by atoms with Crippen LogP contribution in [0.4, 0.5) is 0 Å². The van der Waals surface area contributed by atoms with Crippen LogP contribution in [0, 0.1) is 11.3 Å². The van der Waals surface area contributed by atoms with E-state index in [4.69, 9.17) is 0 Å². The van der Waals surface area contributed by atoms with E-state index in [0.29, 0.717) is 36.2 Å². The smallest absolute Gasteiger partial charge is 0.253 e. The maximum absolute atomic E-state index is 13.1. The van der Waals surface area contributed by atoms with Crippen molar-refractivity contribution in [1.29, 1.82) is 5.26 Å². The van der Waals surface area contributed by atoms with Crippen molar-refractivity contribution in [2.24, 2.45) is 0 Å². The van der Waals surface area contributed by atoms with Crippen LogP contribution < -0.4 is 0 Å². The van der Waals surface area contributed by atoms with Gasteiger partial charge in [0.15, 0.2) is 6.04 Å². The summed E-state index contributed by atoms with van der Waals surface area (Å²) in [5, 5.41) is 9.75. The highest BCUT2D eigenvalue weighted by Gasteiger charge is 2.36. The van der Waals surface area contributed by atoms with Crippen LogP contribution >= 0.6 is 0 Å². The Bertz CT molecular complexity index is 1130. The fourth-order valence-electron chi connectivity index (χ4n) is 3.80. The molecule has 1 aromatic heterocycles. The van der Waals surface area contributed by atoms with Crippen LogP contribution in [-0.4, -0.2) is 63.2 Å². The fraction of sp³-hybridized carbons (Fsp3) is 0.261. The Labute approximate surface area is 174 Å². The molecule has 1 fully saturated rings. The van der Waals surface area contributed by atoms with E-state index in [-0.39, 0.29) is 23.4 Å². The minimum atomic E-state index is -0.968. The number of amides is 1. The molecule has 7 heteroatoms. The van der Waals surface area contributed by atoms with Crippen molar-refractivity contribution < 1.29 is 9.59 Å². The van der Waals surface area contributed by atoms with Crippen molar-refractivity contribution in [2.45, 2.75) is 19.0 Å². The summed E-state index contributed by atoms with van der Waals surface area (Å²) >= 11 is 0. The molecule has 1 amide bonds. The average molecular weight is 399 g/mol. The zero-order chi connectivity index (χ0) is 21.1. The predicted molar refractivity (Wildman–Crippen MR) is 112 cm³/mol. The van der Waals surface area contributed by atoms with Crippen molar-refractivity contribution in [1.82, 2.24) is 19.8 Å². The molecule has 0 radical (unpaired) electrons. The molecule has 0 bridgehead atoms. The largest absolute Gasteiger partial charge is 0.336 e. The number of hydrogen-bond acceptors (Lipinski definition) is 6. The maximum Gasteiger partial charge on any atom is 0.253 e. The van der Waals surface area contributed by atoms with Crippen molar-refractivity contribution in [3.05, 3.63) is 72.1 Å². The normalized spacial score (nSPS) is 18.0. The number of rotatable bonds is 4. The molecule has 0 N–H and O–H groups in total. The molecule has 3 aromatic rings. The Morgan fingerprint density at radius 3 is 2.47 bits per heavy atom. The van der Waals surface area contributed by atoms with Gasteiger partial charge in [-0.25, -0.2) is 4.98 Å². The molecule has 1 aliphatic heterocycles. The second-order valence-corrected chi connectivity index (χ2v) is 7.34. The van der Waals surface area contributed by atoms with Gasteiger partial charge in [-0.3, -0.25) is 19.5 Å². The van der Waals surface area contributed by atoms with Gasteiger partial charge in [-0.05, 0) is 31.2 Å². The highest BCUT2D eigenvalue weighted by molar-refractivity contribution is 6.01. The maximum atomic E-state index is 13.1. The van der Waals surface area contributed by atoms with E-state index in [1.807, 2.05) is 48.2 Å². The highest BCUT2D eigenvalue weighted by Crippen LogP contribution is 2.18. The third-order valence-corrected chi connectivity index (χ3v) is 5.39. The topological polar surface area (TPSA) is 90.2 Å². The first kappa shape index (κ1) is 19.7. The van der Waals surface area contributed by atoms with Gasteiger partial charge in [0.25, 0.3) is 5.91 Å². The molecule has 0 aliphatic carbocycles. The summed E-state index contributed by atoms with van der Waals surface area (Å²) in [5.74, 6) is -0.409. The second-order valence-electron chi connectivity index (χ2n) is 7.34. The standard InChI is InChI=1S/C23H21N5O2/c1-16-15-27(23(30)17-7-3-2-4-8-17)11-12-28(16)21(13-24)22(29)20-14-25-18-9-5-6-10-19(18)26-20/h2-10,14,16,21H,11-12,15H2,1H3/t16-,21?/m0/s1. The van der Waals surface area contributed by atoms with E-state index in [0.717, 1.165) is 0 Å². The molecule has 0 saturated carbocycles.